The molecular formula is C24H31N5O. The first-order valence-corrected chi connectivity index (χ1v) is 11.0. The van der Waals surface area contributed by atoms with Gasteiger partial charge in [-0.1, -0.05) is 13.0 Å². The molecule has 3 aromatic rings. The Morgan fingerprint density at radius 2 is 1.90 bits per heavy atom. The monoisotopic (exact) mass is 405 g/mol. The van der Waals surface area contributed by atoms with E-state index in [1.165, 1.54) is 5.56 Å². The molecule has 0 unspecified atom stereocenters. The van der Waals surface area contributed by atoms with Crippen LogP contribution < -0.4 is 10.9 Å². The van der Waals surface area contributed by atoms with Gasteiger partial charge in [0, 0.05) is 44.1 Å². The van der Waals surface area contributed by atoms with Crippen LogP contribution in [0.4, 0.5) is 0 Å². The highest BCUT2D eigenvalue weighted by molar-refractivity contribution is 5.74. The number of likely N-dealkylation sites (tertiary alicyclic amines) is 1. The molecule has 3 aromatic heterocycles. The molecule has 4 heterocycles. The van der Waals surface area contributed by atoms with Gasteiger partial charge in [0.1, 0.15) is 0 Å². The first-order chi connectivity index (χ1) is 14.6. The number of hydrogen-bond acceptors (Lipinski definition) is 5. The van der Waals surface area contributed by atoms with E-state index < -0.39 is 0 Å². The molecule has 0 radical (unpaired) electrons. The van der Waals surface area contributed by atoms with Crippen LogP contribution in [0.3, 0.4) is 0 Å². The number of nitrogens with zero attached hydrogens (tertiary/aromatic N) is 4. The van der Waals surface area contributed by atoms with Crippen LogP contribution in [0.2, 0.25) is 0 Å². The van der Waals surface area contributed by atoms with E-state index in [2.05, 4.69) is 45.3 Å². The van der Waals surface area contributed by atoms with Gasteiger partial charge in [0.25, 0.3) is 5.56 Å². The van der Waals surface area contributed by atoms with Crippen molar-refractivity contribution in [3.8, 4) is 0 Å². The van der Waals surface area contributed by atoms with Crippen molar-refractivity contribution >= 4 is 11.0 Å². The smallest absolute Gasteiger partial charge is 0.251 e. The zero-order valence-corrected chi connectivity index (χ0v) is 18.0. The Hall–Kier alpha value is -2.57. The van der Waals surface area contributed by atoms with Crippen LogP contribution >= 0.6 is 0 Å². The third-order valence-corrected chi connectivity index (χ3v) is 6.07. The van der Waals surface area contributed by atoms with Gasteiger partial charge in [-0.05, 0) is 68.6 Å². The molecule has 1 N–H and O–H groups in total. The maximum Gasteiger partial charge on any atom is 0.251 e. The molecule has 1 saturated heterocycles. The van der Waals surface area contributed by atoms with Crippen molar-refractivity contribution in [2.75, 3.05) is 19.6 Å². The SMILES string of the molecule is CCc1ccc(CNC2CCN(CCn3c(=O)ccc4ncc(C)cc43)CC2)nc1. The zero-order chi connectivity index (χ0) is 20.9. The Labute approximate surface area is 178 Å². The third kappa shape index (κ3) is 4.94. The standard InChI is InChI=1S/C24H31N5O/c1-3-19-4-5-21(25-16-19)17-26-20-8-10-28(11-9-20)12-13-29-23-14-18(2)15-27-22(23)6-7-24(29)30/h4-7,14-16,20,26H,3,8-13,17H2,1-2H3. The first-order valence-electron chi connectivity index (χ1n) is 11.0. The predicted molar refractivity (Wildman–Crippen MR) is 121 cm³/mol. The summed E-state index contributed by atoms with van der Waals surface area (Å²) in [7, 11) is 0. The van der Waals surface area contributed by atoms with Crippen LogP contribution in [-0.2, 0) is 19.5 Å². The Morgan fingerprint density at radius 3 is 2.63 bits per heavy atom. The second kappa shape index (κ2) is 9.49. The average molecular weight is 406 g/mol. The fraction of sp³-hybridized carbons (Fsp3) is 0.458. The van der Waals surface area contributed by atoms with Gasteiger partial charge < -0.3 is 14.8 Å². The van der Waals surface area contributed by atoms with E-state index in [9.17, 15) is 4.79 Å². The summed E-state index contributed by atoms with van der Waals surface area (Å²) in [6, 6.07) is 10.3. The molecule has 0 bridgehead atoms. The number of rotatable bonds is 7. The quantitative estimate of drug-likeness (QED) is 0.655. The molecular weight excluding hydrogens is 374 g/mol. The third-order valence-electron chi connectivity index (χ3n) is 6.07. The van der Waals surface area contributed by atoms with Gasteiger partial charge in [0.15, 0.2) is 0 Å². The van der Waals surface area contributed by atoms with E-state index in [0.29, 0.717) is 12.6 Å². The molecule has 0 aliphatic carbocycles. The molecule has 0 amide bonds. The topological polar surface area (TPSA) is 63.0 Å². The minimum Gasteiger partial charge on any atom is -0.308 e. The summed E-state index contributed by atoms with van der Waals surface area (Å²) in [6.45, 7) is 8.68. The molecule has 158 valence electrons. The molecule has 0 saturated carbocycles. The molecule has 0 aromatic carbocycles. The number of nitrogens with one attached hydrogen (secondary N) is 1. The molecule has 0 spiro atoms. The van der Waals surface area contributed by atoms with E-state index in [1.54, 1.807) is 6.07 Å². The number of aryl methyl sites for hydroxylation is 2. The number of piperidine rings is 1. The van der Waals surface area contributed by atoms with Crippen LogP contribution in [0, 0.1) is 6.92 Å². The average Bonchev–Trinajstić information content (AvgIpc) is 2.78. The minimum atomic E-state index is 0.0491. The minimum absolute atomic E-state index is 0.0491. The molecule has 1 aliphatic rings. The van der Waals surface area contributed by atoms with Gasteiger partial charge in [0.2, 0.25) is 0 Å². The van der Waals surface area contributed by atoms with E-state index in [4.69, 9.17) is 0 Å². The summed E-state index contributed by atoms with van der Waals surface area (Å²) in [5.41, 5.74) is 5.32. The van der Waals surface area contributed by atoms with Crippen LogP contribution in [0.5, 0.6) is 0 Å². The largest absolute Gasteiger partial charge is 0.308 e. The Bertz CT molecular complexity index is 1040. The zero-order valence-electron chi connectivity index (χ0n) is 18.0. The van der Waals surface area contributed by atoms with Crippen molar-refractivity contribution in [1.29, 1.82) is 0 Å². The van der Waals surface area contributed by atoms with Crippen LogP contribution in [0.1, 0.15) is 36.6 Å². The van der Waals surface area contributed by atoms with Crippen LogP contribution in [0.15, 0.2) is 47.5 Å². The lowest BCUT2D eigenvalue weighted by atomic mass is 10.0. The molecule has 1 fully saturated rings. The lowest BCUT2D eigenvalue weighted by Gasteiger charge is -2.32. The van der Waals surface area contributed by atoms with Gasteiger partial charge in [-0.25, -0.2) is 0 Å². The van der Waals surface area contributed by atoms with Crippen molar-refractivity contribution in [3.63, 3.8) is 0 Å². The van der Waals surface area contributed by atoms with Crippen molar-refractivity contribution in [2.24, 2.45) is 0 Å². The highest BCUT2D eigenvalue weighted by Crippen LogP contribution is 2.14. The maximum absolute atomic E-state index is 12.4. The fourth-order valence-electron chi connectivity index (χ4n) is 4.12. The van der Waals surface area contributed by atoms with Crippen LogP contribution in [0.25, 0.3) is 11.0 Å². The molecule has 6 nitrogen and oxygen atoms in total. The van der Waals surface area contributed by atoms with Crippen molar-refractivity contribution in [2.45, 2.75) is 52.2 Å². The Kier molecular flexibility index (Phi) is 6.55. The molecule has 1 aliphatic heterocycles. The van der Waals surface area contributed by atoms with Gasteiger partial charge in [-0.15, -0.1) is 0 Å². The van der Waals surface area contributed by atoms with Gasteiger partial charge >= 0.3 is 0 Å². The normalized spacial score (nSPS) is 15.7. The number of hydrogen-bond donors (Lipinski definition) is 1. The van der Waals surface area contributed by atoms with E-state index in [-0.39, 0.29) is 5.56 Å². The Morgan fingerprint density at radius 1 is 1.07 bits per heavy atom. The highest BCUT2D eigenvalue weighted by Gasteiger charge is 2.19. The predicted octanol–water partition coefficient (Wildman–Crippen LogP) is 2.92. The highest BCUT2D eigenvalue weighted by atomic mass is 16.1. The second-order valence-electron chi connectivity index (χ2n) is 8.25. The number of aromatic nitrogens is 3. The maximum atomic E-state index is 12.4. The van der Waals surface area contributed by atoms with Crippen LogP contribution in [-0.4, -0.2) is 45.1 Å². The first kappa shape index (κ1) is 20.7. The summed E-state index contributed by atoms with van der Waals surface area (Å²) >= 11 is 0. The van der Waals surface area contributed by atoms with E-state index in [0.717, 1.165) is 67.7 Å². The molecule has 0 atom stereocenters. The molecule has 6 heteroatoms. The van der Waals surface area contributed by atoms with Gasteiger partial charge in [0.05, 0.1) is 16.7 Å². The molecule has 30 heavy (non-hydrogen) atoms. The summed E-state index contributed by atoms with van der Waals surface area (Å²) in [5, 5.41) is 3.66. The van der Waals surface area contributed by atoms with E-state index >= 15 is 0 Å². The molecule has 4 rings (SSSR count). The van der Waals surface area contributed by atoms with Crippen molar-refractivity contribution < 1.29 is 0 Å². The van der Waals surface area contributed by atoms with E-state index in [1.807, 2.05) is 30.0 Å². The summed E-state index contributed by atoms with van der Waals surface area (Å²) < 4.78 is 1.87. The summed E-state index contributed by atoms with van der Waals surface area (Å²) in [5.74, 6) is 0. The fourth-order valence-corrected chi connectivity index (χ4v) is 4.12. The number of pyridine rings is 3. The van der Waals surface area contributed by atoms with Gasteiger partial charge in [-0.2, -0.15) is 0 Å². The van der Waals surface area contributed by atoms with Crippen molar-refractivity contribution in [1.82, 2.24) is 24.8 Å². The Balaban J connectivity index is 1.28. The van der Waals surface area contributed by atoms with Gasteiger partial charge in [-0.3, -0.25) is 14.8 Å². The number of fused-ring (bicyclic) bond motifs is 1. The second-order valence-corrected chi connectivity index (χ2v) is 8.25. The lowest BCUT2D eigenvalue weighted by molar-refractivity contribution is 0.191. The summed E-state index contributed by atoms with van der Waals surface area (Å²) in [6.07, 6.45) is 7.10. The summed E-state index contributed by atoms with van der Waals surface area (Å²) in [4.78, 5) is 23.9. The lowest BCUT2D eigenvalue weighted by Crippen LogP contribution is -2.43. The van der Waals surface area contributed by atoms with Crippen molar-refractivity contribution in [3.05, 3.63) is 69.9 Å².